The number of anilines is 3. The van der Waals surface area contributed by atoms with E-state index in [0.29, 0.717) is 17.1 Å². The Kier molecular flexibility index (Phi) is 8.21. The summed E-state index contributed by atoms with van der Waals surface area (Å²) in [5.74, 6) is -0.265. The molecule has 0 unspecified atom stereocenters. The lowest BCUT2D eigenvalue weighted by Crippen LogP contribution is -2.15. The van der Waals surface area contributed by atoms with Gasteiger partial charge in [-0.15, -0.1) is 11.3 Å². The van der Waals surface area contributed by atoms with Crippen molar-refractivity contribution in [3.8, 4) is 0 Å². The molecule has 0 aliphatic rings. The van der Waals surface area contributed by atoms with Gasteiger partial charge in [0.2, 0.25) is 17.7 Å². The van der Waals surface area contributed by atoms with Crippen molar-refractivity contribution in [1.29, 1.82) is 0 Å². The smallest absolute Gasteiger partial charge is 0.234 e. The molecule has 31 heavy (non-hydrogen) atoms. The van der Waals surface area contributed by atoms with E-state index in [1.807, 2.05) is 29.6 Å². The Morgan fingerprint density at radius 3 is 2.06 bits per heavy atom. The fourth-order valence-electron chi connectivity index (χ4n) is 2.50. The summed E-state index contributed by atoms with van der Waals surface area (Å²) in [6.07, 6.45) is 0.167. The maximum atomic E-state index is 12.2. The Balaban J connectivity index is 1.44. The highest BCUT2D eigenvalue weighted by atomic mass is 79.9. The normalized spacial score (nSPS) is 10.4. The van der Waals surface area contributed by atoms with Crippen LogP contribution < -0.4 is 16.0 Å². The SMILES string of the molecule is CC(=O)Nc1ccc(NC(=O)CSc2nc(CC(=O)Nc3ccc(Br)cc3)cs2)cc1. The van der Waals surface area contributed by atoms with Crippen molar-refractivity contribution in [2.75, 3.05) is 21.7 Å². The first-order valence-corrected chi connectivity index (χ1v) is 11.8. The van der Waals surface area contributed by atoms with Crippen LogP contribution in [0.25, 0.3) is 0 Å². The number of nitrogens with one attached hydrogen (secondary N) is 3. The monoisotopic (exact) mass is 518 g/mol. The lowest BCUT2D eigenvalue weighted by atomic mass is 10.3. The van der Waals surface area contributed by atoms with Crippen LogP contribution in [-0.2, 0) is 20.8 Å². The molecule has 3 rings (SSSR count). The maximum absolute atomic E-state index is 12.2. The second-order valence-corrected chi connectivity index (χ2v) is 9.43. The van der Waals surface area contributed by atoms with Gasteiger partial charge in [0.05, 0.1) is 17.9 Å². The molecule has 0 spiro atoms. The van der Waals surface area contributed by atoms with Gasteiger partial charge < -0.3 is 16.0 Å². The number of hydrogen-bond donors (Lipinski definition) is 3. The third-order valence-corrected chi connectivity index (χ3v) is 6.41. The molecule has 0 saturated carbocycles. The second kappa shape index (κ2) is 11.1. The molecule has 0 fully saturated rings. The molecule has 160 valence electrons. The van der Waals surface area contributed by atoms with Crippen LogP contribution in [0.1, 0.15) is 12.6 Å². The number of halogens is 1. The molecular weight excluding hydrogens is 500 g/mol. The topological polar surface area (TPSA) is 100 Å². The molecule has 10 heteroatoms. The van der Waals surface area contributed by atoms with E-state index >= 15 is 0 Å². The zero-order valence-electron chi connectivity index (χ0n) is 16.5. The Hall–Kier alpha value is -2.69. The van der Waals surface area contributed by atoms with Gasteiger partial charge in [-0.1, -0.05) is 27.7 Å². The summed E-state index contributed by atoms with van der Waals surface area (Å²) in [5, 5.41) is 10.1. The van der Waals surface area contributed by atoms with Crippen LogP contribution in [0.4, 0.5) is 17.1 Å². The van der Waals surface area contributed by atoms with Crippen LogP contribution in [0.15, 0.2) is 62.7 Å². The molecule has 3 N–H and O–H groups in total. The second-order valence-electron chi connectivity index (χ2n) is 6.43. The third-order valence-electron chi connectivity index (χ3n) is 3.82. The number of aromatic nitrogens is 1. The number of amides is 3. The third kappa shape index (κ3) is 7.82. The molecule has 0 aliphatic heterocycles. The lowest BCUT2D eigenvalue weighted by Gasteiger charge is -2.06. The molecule has 7 nitrogen and oxygen atoms in total. The molecule has 3 amide bonds. The van der Waals surface area contributed by atoms with Crippen LogP contribution >= 0.6 is 39.0 Å². The fourth-order valence-corrected chi connectivity index (χ4v) is 4.41. The van der Waals surface area contributed by atoms with Gasteiger partial charge in [0.25, 0.3) is 0 Å². The van der Waals surface area contributed by atoms with Crippen molar-refractivity contribution in [3.05, 3.63) is 64.1 Å². The molecule has 1 aromatic heterocycles. The molecule has 0 aliphatic carbocycles. The number of rotatable bonds is 8. The van der Waals surface area contributed by atoms with Crippen LogP contribution in [0.3, 0.4) is 0 Å². The predicted molar refractivity (Wildman–Crippen MR) is 129 cm³/mol. The molecule has 0 radical (unpaired) electrons. The van der Waals surface area contributed by atoms with E-state index < -0.39 is 0 Å². The Labute approximate surface area is 196 Å². The molecule has 2 aromatic carbocycles. The van der Waals surface area contributed by atoms with Crippen molar-refractivity contribution in [1.82, 2.24) is 4.98 Å². The summed E-state index contributed by atoms with van der Waals surface area (Å²) in [6, 6.07) is 14.2. The van der Waals surface area contributed by atoms with Crippen LogP contribution in [0.5, 0.6) is 0 Å². The van der Waals surface area contributed by atoms with Crippen LogP contribution in [-0.4, -0.2) is 28.5 Å². The van der Waals surface area contributed by atoms with Gasteiger partial charge in [0, 0.05) is 33.8 Å². The minimum Gasteiger partial charge on any atom is -0.326 e. The number of benzene rings is 2. The summed E-state index contributed by atoms with van der Waals surface area (Å²) in [7, 11) is 0. The van der Waals surface area contributed by atoms with Crippen molar-refractivity contribution >= 4 is 73.8 Å². The van der Waals surface area contributed by atoms with Gasteiger partial charge in [-0.2, -0.15) is 0 Å². The van der Waals surface area contributed by atoms with Gasteiger partial charge in [-0.25, -0.2) is 4.98 Å². The van der Waals surface area contributed by atoms with E-state index in [9.17, 15) is 14.4 Å². The number of thioether (sulfide) groups is 1. The largest absolute Gasteiger partial charge is 0.326 e. The van der Waals surface area contributed by atoms with Crippen LogP contribution in [0, 0.1) is 0 Å². The van der Waals surface area contributed by atoms with Crippen molar-refractivity contribution in [2.24, 2.45) is 0 Å². The number of hydrogen-bond acceptors (Lipinski definition) is 6. The molecule has 0 bridgehead atoms. The fraction of sp³-hybridized carbons (Fsp3) is 0.143. The number of thiazole rings is 1. The minimum absolute atomic E-state index is 0.148. The zero-order valence-corrected chi connectivity index (χ0v) is 19.7. The molecule has 0 atom stereocenters. The first-order chi connectivity index (χ1) is 14.9. The molecular formula is C21H19BrN4O3S2. The number of carbonyl (C=O) groups is 3. The van der Waals surface area contributed by atoms with E-state index in [2.05, 4.69) is 36.9 Å². The van der Waals surface area contributed by atoms with Crippen molar-refractivity contribution in [3.63, 3.8) is 0 Å². The lowest BCUT2D eigenvalue weighted by molar-refractivity contribution is -0.116. The van der Waals surface area contributed by atoms with Gasteiger partial charge in [0.15, 0.2) is 4.34 Å². The van der Waals surface area contributed by atoms with E-state index in [1.54, 1.807) is 24.3 Å². The Bertz CT molecular complexity index is 1070. The summed E-state index contributed by atoms with van der Waals surface area (Å²) < 4.78 is 1.67. The highest BCUT2D eigenvalue weighted by Gasteiger charge is 2.11. The average molecular weight is 519 g/mol. The van der Waals surface area contributed by atoms with E-state index in [0.717, 1.165) is 14.5 Å². The highest BCUT2D eigenvalue weighted by molar-refractivity contribution is 9.10. The molecule has 1 heterocycles. The zero-order chi connectivity index (χ0) is 22.2. The van der Waals surface area contributed by atoms with Crippen molar-refractivity contribution in [2.45, 2.75) is 17.7 Å². The first-order valence-electron chi connectivity index (χ1n) is 9.17. The summed E-state index contributed by atoms with van der Waals surface area (Å²) in [5.41, 5.74) is 2.69. The predicted octanol–water partition coefficient (Wildman–Crippen LogP) is 4.78. The minimum atomic E-state index is -0.165. The molecule has 0 saturated heterocycles. The van der Waals surface area contributed by atoms with Gasteiger partial charge >= 0.3 is 0 Å². The van der Waals surface area contributed by atoms with E-state index in [-0.39, 0.29) is 29.9 Å². The maximum Gasteiger partial charge on any atom is 0.234 e. The molecule has 3 aromatic rings. The van der Waals surface area contributed by atoms with E-state index in [1.165, 1.54) is 30.0 Å². The van der Waals surface area contributed by atoms with Crippen LogP contribution in [0.2, 0.25) is 0 Å². The number of carbonyl (C=O) groups excluding carboxylic acids is 3. The standard InChI is InChI=1S/C21H19BrN4O3S2/c1-13(27)23-15-6-8-17(9-7-15)25-20(29)12-31-21-26-18(11-30-21)10-19(28)24-16-4-2-14(22)3-5-16/h2-9,11H,10,12H2,1H3,(H,23,27)(H,24,28)(H,25,29). The quantitative estimate of drug-likeness (QED) is 0.372. The van der Waals surface area contributed by atoms with Crippen molar-refractivity contribution < 1.29 is 14.4 Å². The van der Waals surface area contributed by atoms with E-state index in [4.69, 9.17) is 0 Å². The first kappa shape index (κ1) is 23.0. The Morgan fingerprint density at radius 1 is 0.903 bits per heavy atom. The Morgan fingerprint density at radius 2 is 1.45 bits per heavy atom. The summed E-state index contributed by atoms with van der Waals surface area (Å²) in [6.45, 7) is 1.44. The number of nitrogens with zero attached hydrogens (tertiary/aromatic N) is 1. The van der Waals surface area contributed by atoms with Gasteiger partial charge in [0.1, 0.15) is 0 Å². The summed E-state index contributed by atoms with van der Waals surface area (Å²) in [4.78, 5) is 39.8. The summed E-state index contributed by atoms with van der Waals surface area (Å²) >= 11 is 6.07. The van der Waals surface area contributed by atoms with Gasteiger partial charge in [-0.3, -0.25) is 14.4 Å². The van der Waals surface area contributed by atoms with Gasteiger partial charge in [-0.05, 0) is 48.5 Å². The highest BCUT2D eigenvalue weighted by Crippen LogP contribution is 2.24. The average Bonchev–Trinajstić information content (AvgIpc) is 3.16.